The van der Waals surface area contributed by atoms with Crippen LogP contribution in [0.3, 0.4) is 0 Å². The monoisotopic (exact) mass is 213 g/mol. The third kappa shape index (κ3) is 3.15. The molecule has 0 amide bonds. The fourth-order valence-corrected chi connectivity index (χ4v) is 1.17. The minimum absolute atomic E-state index is 0.316. The Morgan fingerprint density at radius 2 is 2.38 bits per heavy atom. The molecule has 80 valence electrons. The molecule has 0 saturated carbocycles. The highest BCUT2D eigenvalue weighted by molar-refractivity contribution is 5.89. The molecule has 0 fully saturated rings. The highest BCUT2D eigenvalue weighted by atomic mass is 16.5. The molecule has 1 atom stereocenters. The zero-order chi connectivity index (χ0) is 12.0. The van der Waals surface area contributed by atoms with Gasteiger partial charge in [-0.15, -0.1) is 12.3 Å². The van der Waals surface area contributed by atoms with Gasteiger partial charge in [0.1, 0.15) is 6.10 Å². The van der Waals surface area contributed by atoms with Gasteiger partial charge < -0.3 is 4.74 Å². The van der Waals surface area contributed by atoms with Crippen LogP contribution in [-0.4, -0.2) is 12.1 Å². The van der Waals surface area contributed by atoms with Crippen molar-refractivity contribution in [1.29, 1.82) is 5.26 Å². The van der Waals surface area contributed by atoms with Gasteiger partial charge in [-0.25, -0.2) is 4.79 Å². The lowest BCUT2D eigenvalue weighted by atomic mass is 10.1. The number of rotatable bonds is 3. The Morgan fingerprint density at radius 3 is 3.00 bits per heavy atom. The van der Waals surface area contributed by atoms with Gasteiger partial charge in [0.2, 0.25) is 0 Å². The molecule has 0 aliphatic rings. The maximum absolute atomic E-state index is 11.6. The van der Waals surface area contributed by atoms with E-state index >= 15 is 0 Å². The van der Waals surface area contributed by atoms with Crippen LogP contribution >= 0.6 is 0 Å². The second kappa shape index (κ2) is 5.58. The third-order valence-corrected chi connectivity index (χ3v) is 1.94. The number of hydrogen-bond donors (Lipinski definition) is 0. The number of carbonyl (C=O) groups is 1. The SMILES string of the molecule is C#CCC(C)OC(=O)c1cccc(C#N)c1. The standard InChI is InChI=1S/C13H11NO2/c1-3-5-10(2)16-13(15)12-7-4-6-11(8-12)9-14/h1,4,6-8,10H,5H2,2H3. The van der Waals surface area contributed by atoms with Crippen LogP contribution in [0, 0.1) is 23.7 Å². The van der Waals surface area contributed by atoms with Crippen molar-refractivity contribution >= 4 is 5.97 Å². The van der Waals surface area contributed by atoms with Gasteiger partial charge in [0.05, 0.1) is 17.2 Å². The number of benzene rings is 1. The molecule has 1 aromatic carbocycles. The molecule has 0 aromatic heterocycles. The molecule has 1 aromatic rings. The largest absolute Gasteiger partial charge is 0.458 e. The van der Waals surface area contributed by atoms with Gasteiger partial charge in [0.25, 0.3) is 0 Å². The molecule has 0 aliphatic carbocycles. The molecule has 0 aliphatic heterocycles. The van der Waals surface area contributed by atoms with Crippen molar-refractivity contribution in [2.75, 3.05) is 0 Å². The van der Waals surface area contributed by atoms with Gasteiger partial charge in [-0.2, -0.15) is 5.26 Å². The number of ether oxygens (including phenoxy) is 1. The zero-order valence-corrected chi connectivity index (χ0v) is 8.93. The predicted octanol–water partition coefficient (Wildman–Crippen LogP) is 2.13. The molecule has 1 unspecified atom stereocenters. The number of carbonyl (C=O) groups excluding carboxylic acids is 1. The van der Waals surface area contributed by atoms with Gasteiger partial charge in [-0.05, 0) is 25.1 Å². The lowest BCUT2D eigenvalue weighted by Crippen LogP contribution is -2.14. The number of nitriles is 1. The summed E-state index contributed by atoms with van der Waals surface area (Å²) < 4.78 is 5.09. The highest BCUT2D eigenvalue weighted by Crippen LogP contribution is 2.08. The van der Waals surface area contributed by atoms with Crippen LogP contribution in [0.2, 0.25) is 0 Å². The second-order valence-electron chi connectivity index (χ2n) is 3.32. The van der Waals surface area contributed by atoms with E-state index in [1.807, 2.05) is 6.07 Å². The Bertz CT molecular complexity index is 466. The Hall–Kier alpha value is -2.26. The zero-order valence-electron chi connectivity index (χ0n) is 8.93. The van der Waals surface area contributed by atoms with E-state index in [2.05, 4.69) is 5.92 Å². The van der Waals surface area contributed by atoms with E-state index in [9.17, 15) is 4.79 Å². The predicted molar refractivity (Wildman–Crippen MR) is 59.5 cm³/mol. The average molecular weight is 213 g/mol. The summed E-state index contributed by atoms with van der Waals surface area (Å²) in [7, 11) is 0. The first-order valence-electron chi connectivity index (χ1n) is 4.82. The summed E-state index contributed by atoms with van der Waals surface area (Å²) in [6.45, 7) is 1.73. The molecule has 0 N–H and O–H groups in total. The van der Waals surface area contributed by atoms with Crippen LogP contribution in [0.5, 0.6) is 0 Å². The Morgan fingerprint density at radius 1 is 1.62 bits per heavy atom. The van der Waals surface area contributed by atoms with Gasteiger partial charge >= 0.3 is 5.97 Å². The average Bonchev–Trinajstić information content (AvgIpc) is 2.29. The summed E-state index contributed by atoms with van der Waals surface area (Å²) in [4.78, 5) is 11.6. The van der Waals surface area contributed by atoms with Gasteiger partial charge in [-0.3, -0.25) is 0 Å². The van der Waals surface area contributed by atoms with Crippen LogP contribution < -0.4 is 0 Å². The third-order valence-electron chi connectivity index (χ3n) is 1.94. The van der Waals surface area contributed by atoms with E-state index in [0.29, 0.717) is 17.5 Å². The Labute approximate surface area is 94.7 Å². The van der Waals surface area contributed by atoms with Crippen LogP contribution in [-0.2, 0) is 4.74 Å². The van der Waals surface area contributed by atoms with Crippen molar-refractivity contribution < 1.29 is 9.53 Å². The van der Waals surface area contributed by atoms with Crippen LogP contribution in [0.4, 0.5) is 0 Å². The first-order chi connectivity index (χ1) is 7.67. The number of nitrogens with zero attached hydrogens (tertiary/aromatic N) is 1. The topological polar surface area (TPSA) is 50.1 Å². The number of hydrogen-bond acceptors (Lipinski definition) is 3. The summed E-state index contributed by atoms with van der Waals surface area (Å²) in [5.74, 6) is 1.96. The first kappa shape index (κ1) is 11.8. The summed E-state index contributed by atoms with van der Waals surface area (Å²) in [6, 6.07) is 8.32. The minimum atomic E-state index is -0.458. The number of esters is 1. The van der Waals surface area contributed by atoms with E-state index in [1.165, 1.54) is 6.07 Å². The molecule has 1 rings (SSSR count). The van der Waals surface area contributed by atoms with E-state index in [0.717, 1.165) is 0 Å². The maximum atomic E-state index is 11.6. The quantitative estimate of drug-likeness (QED) is 0.571. The molecule has 3 heteroatoms. The summed E-state index contributed by atoms with van der Waals surface area (Å²) >= 11 is 0. The van der Waals surface area contributed by atoms with Crippen molar-refractivity contribution in [1.82, 2.24) is 0 Å². The summed E-state index contributed by atoms with van der Waals surface area (Å²) in [6.07, 6.45) is 5.17. The van der Waals surface area contributed by atoms with Crippen LogP contribution in [0.15, 0.2) is 24.3 Å². The van der Waals surface area contributed by atoms with Crippen molar-refractivity contribution in [3.8, 4) is 18.4 Å². The molecule has 0 bridgehead atoms. The number of terminal acetylenes is 1. The second-order valence-corrected chi connectivity index (χ2v) is 3.32. The molecule has 16 heavy (non-hydrogen) atoms. The van der Waals surface area contributed by atoms with Gasteiger partial charge in [0, 0.05) is 6.42 Å². The van der Waals surface area contributed by atoms with Crippen molar-refractivity contribution in [3.63, 3.8) is 0 Å². The van der Waals surface area contributed by atoms with Crippen molar-refractivity contribution in [2.24, 2.45) is 0 Å². The summed E-state index contributed by atoms with van der Waals surface area (Å²) in [5, 5.41) is 8.68. The Kier molecular flexibility index (Phi) is 4.12. The summed E-state index contributed by atoms with van der Waals surface area (Å²) in [5.41, 5.74) is 0.793. The molecule has 0 radical (unpaired) electrons. The van der Waals surface area contributed by atoms with E-state index in [4.69, 9.17) is 16.4 Å². The normalized spacial score (nSPS) is 10.9. The molecule has 0 spiro atoms. The molecular formula is C13H11NO2. The van der Waals surface area contributed by atoms with Crippen molar-refractivity contribution in [2.45, 2.75) is 19.4 Å². The van der Waals surface area contributed by atoms with E-state index in [1.54, 1.807) is 25.1 Å². The maximum Gasteiger partial charge on any atom is 0.338 e. The van der Waals surface area contributed by atoms with Crippen LogP contribution in [0.25, 0.3) is 0 Å². The highest BCUT2D eigenvalue weighted by Gasteiger charge is 2.11. The lowest BCUT2D eigenvalue weighted by Gasteiger charge is -2.10. The fourth-order valence-electron chi connectivity index (χ4n) is 1.17. The van der Waals surface area contributed by atoms with Gasteiger partial charge in [-0.1, -0.05) is 6.07 Å². The molecular weight excluding hydrogens is 202 g/mol. The minimum Gasteiger partial charge on any atom is -0.458 e. The fraction of sp³-hybridized carbons (Fsp3) is 0.231. The van der Waals surface area contributed by atoms with Gasteiger partial charge in [0.15, 0.2) is 0 Å². The Balaban J connectivity index is 2.74. The first-order valence-corrected chi connectivity index (χ1v) is 4.82. The lowest BCUT2D eigenvalue weighted by molar-refractivity contribution is 0.0352. The van der Waals surface area contributed by atoms with E-state index in [-0.39, 0.29) is 6.10 Å². The molecule has 0 saturated heterocycles. The molecule has 3 nitrogen and oxygen atoms in total. The van der Waals surface area contributed by atoms with Crippen LogP contribution in [0.1, 0.15) is 29.3 Å². The smallest absolute Gasteiger partial charge is 0.338 e. The van der Waals surface area contributed by atoms with E-state index < -0.39 is 5.97 Å². The molecule has 0 heterocycles. The van der Waals surface area contributed by atoms with Crippen molar-refractivity contribution in [3.05, 3.63) is 35.4 Å².